The second-order valence-electron chi connectivity index (χ2n) is 4.48. The monoisotopic (exact) mass is 278 g/mol. The van der Waals surface area contributed by atoms with E-state index in [-0.39, 0.29) is 0 Å². The van der Waals surface area contributed by atoms with Crippen molar-refractivity contribution in [2.45, 2.75) is 0 Å². The summed E-state index contributed by atoms with van der Waals surface area (Å²) in [5.74, 6) is 1.37. The first-order chi connectivity index (χ1) is 10.2. The maximum absolute atomic E-state index is 5.98. The van der Waals surface area contributed by atoms with Crippen molar-refractivity contribution in [3.8, 4) is 22.8 Å². The molecule has 0 fully saturated rings. The summed E-state index contributed by atoms with van der Waals surface area (Å²) in [6.45, 7) is 0. The summed E-state index contributed by atoms with van der Waals surface area (Å²) in [4.78, 5) is 8.22. The van der Waals surface area contributed by atoms with Crippen molar-refractivity contribution in [1.82, 2.24) is 9.97 Å². The van der Waals surface area contributed by atoms with Gasteiger partial charge in [-0.15, -0.1) is 0 Å². The van der Waals surface area contributed by atoms with E-state index in [0.717, 1.165) is 5.56 Å². The number of hydrogen-bond donors (Lipinski definition) is 2. The van der Waals surface area contributed by atoms with Gasteiger partial charge < -0.3 is 16.2 Å². The molecule has 104 valence electrons. The SMILES string of the molecule is Nc1cccc(Oc2ncnc(N)c2-c2ccccc2)c1. The average Bonchev–Trinajstić information content (AvgIpc) is 2.48. The molecule has 0 aliphatic carbocycles. The van der Waals surface area contributed by atoms with Crippen molar-refractivity contribution < 1.29 is 4.74 Å². The van der Waals surface area contributed by atoms with E-state index in [4.69, 9.17) is 16.2 Å². The lowest BCUT2D eigenvalue weighted by molar-refractivity contribution is 0.464. The van der Waals surface area contributed by atoms with Crippen LogP contribution in [0.4, 0.5) is 11.5 Å². The molecule has 0 spiro atoms. The molecule has 21 heavy (non-hydrogen) atoms. The van der Waals surface area contributed by atoms with Crippen molar-refractivity contribution in [2.75, 3.05) is 11.5 Å². The number of benzene rings is 2. The summed E-state index contributed by atoms with van der Waals surface area (Å²) in [5.41, 5.74) is 13.9. The topological polar surface area (TPSA) is 87.0 Å². The van der Waals surface area contributed by atoms with Gasteiger partial charge in [-0.3, -0.25) is 0 Å². The second-order valence-corrected chi connectivity index (χ2v) is 4.48. The predicted octanol–water partition coefficient (Wildman–Crippen LogP) is 3.10. The minimum atomic E-state index is 0.370. The van der Waals surface area contributed by atoms with Crippen LogP contribution in [-0.4, -0.2) is 9.97 Å². The third-order valence-corrected chi connectivity index (χ3v) is 2.98. The largest absolute Gasteiger partial charge is 0.438 e. The summed E-state index contributed by atoms with van der Waals surface area (Å²) < 4.78 is 5.81. The first kappa shape index (κ1) is 12.9. The molecule has 0 amide bonds. The molecule has 5 heteroatoms. The standard InChI is InChI=1S/C16H14N4O/c17-12-7-4-8-13(9-12)21-16-14(15(18)19-10-20-16)11-5-2-1-3-6-11/h1-10H,17H2,(H2,18,19,20). The molecule has 0 saturated heterocycles. The highest BCUT2D eigenvalue weighted by molar-refractivity contribution is 5.78. The van der Waals surface area contributed by atoms with Crippen molar-refractivity contribution in [1.29, 1.82) is 0 Å². The van der Waals surface area contributed by atoms with Gasteiger partial charge in [0, 0.05) is 11.8 Å². The van der Waals surface area contributed by atoms with Gasteiger partial charge in [0.25, 0.3) is 0 Å². The molecule has 1 heterocycles. The van der Waals surface area contributed by atoms with Crippen LogP contribution in [0.1, 0.15) is 0 Å². The molecule has 0 atom stereocenters. The van der Waals surface area contributed by atoms with E-state index in [1.54, 1.807) is 12.1 Å². The molecule has 0 aliphatic rings. The molecule has 0 bridgehead atoms. The zero-order valence-electron chi connectivity index (χ0n) is 11.2. The second kappa shape index (κ2) is 5.50. The highest BCUT2D eigenvalue weighted by Gasteiger charge is 2.13. The van der Waals surface area contributed by atoms with Crippen molar-refractivity contribution in [3.63, 3.8) is 0 Å². The van der Waals surface area contributed by atoms with Crippen LogP contribution >= 0.6 is 0 Å². The van der Waals surface area contributed by atoms with Gasteiger partial charge >= 0.3 is 0 Å². The van der Waals surface area contributed by atoms with Crippen LogP contribution in [0.2, 0.25) is 0 Å². The van der Waals surface area contributed by atoms with Gasteiger partial charge in [0.15, 0.2) is 0 Å². The van der Waals surface area contributed by atoms with Crippen molar-refractivity contribution >= 4 is 11.5 Å². The summed E-state index contributed by atoms with van der Waals surface area (Å²) in [7, 11) is 0. The molecule has 0 aliphatic heterocycles. The van der Waals surface area contributed by atoms with E-state index in [1.165, 1.54) is 6.33 Å². The number of anilines is 2. The highest BCUT2D eigenvalue weighted by atomic mass is 16.5. The highest BCUT2D eigenvalue weighted by Crippen LogP contribution is 2.34. The van der Waals surface area contributed by atoms with E-state index < -0.39 is 0 Å². The number of nitrogen functional groups attached to an aromatic ring is 2. The zero-order chi connectivity index (χ0) is 14.7. The van der Waals surface area contributed by atoms with E-state index in [2.05, 4.69) is 9.97 Å². The first-order valence-electron chi connectivity index (χ1n) is 6.43. The van der Waals surface area contributed by atoms with Crippen LogP contribution < -0.4 is 16.2 Å². The maximum Gasteiger partial charge on any atom is 0.232 e. The zero-order valence-corrected chi connectivity index (χ0v) is 11.2. The van der Waals surface area contributed by atoms with Gasteiger partial charge in [-0.1, -0.05) is 36.4 Å². The fraction of sp³-hybridized carbons (Fsp3) is 0. The molecule has 0 radical (unpaired) electrons. The van der Waals surface area contributed by atoms with Crippen LogP contribution in [0, 0.1) is 0 Å². The molecule has 2 aromatic carbocycles. The van der Waals surface area contributed by atoms with E-state index in [9.17, 15) is 0 Å². The Hall–Kier alpha value is -3.08. The Morgan fingerprint density at radius 3 is 2.43 bits per heavy atom. The Balaban J connectivity index is 2.05. The fourth-order valence-electron chi connectivity index (χ4n) is 2.03. The fourth-order valence-corrected chi connectivity index (χ4v) is 2.03. The third kappa shape index (κ3) is 2.76. The van der Waals surface area contributed by atoms with Crippen LogP contribution in [0.25, 0.3) is 11.1 Å². The Morgan fingerprint density at radius 1 is 0.857 bits per heavy atom. The minimum absolute atomic E-state index is 0.370. The Morgan fingerprint density at radius 2 is 1.67 bits per heavy atom. The molecular formula is C16H14N4O. The molecule has 5 nitrogen and oxygen atoms in total. The third-order valence-electron chi connectivity index (χ3n) is 2.98. The van der Waals surface area contributed by atoms with Gasteiger partial charge in [-0.25, -0.2) is 9.97 Å². The lowest BCUT2D eigenvalue weighted by Crippen LogP contribution is -1.99. The number of ether oxygens (including phenoxy) is 1. The van der Waals surface area contributed by atoms with Crippen LogP contribution in [0.15, 0.2) is 60.9 Å². The summed E-state index contributed by atoms with van der Waals surface area (Å²) >= 11 is 0. The lowest BCUT2D eigenvalue weighted by atomic mass is 10.1. The number of nitrogens with zero attached hydrogens (tertiary/aromatic N) is 2. The lowest BCUT2D eigenvalue weighted by Gasteiger charge is -2.11. The van der Waals surface area contributed by atoms with Crippen LogP contribution in [-0.2, 0) is 0 Å². The Kier molecular flexibility index (Phi) is 3.39. The summed E-state index contributed by atoms with van der Waals surface area (Å²) in [5, 5.41) is 0. The quantitative estimate of drug-likeness (QED) is 0.719. The number of aromatic nitrogens is 2. The van der Waals surface area contributed by atoms with Gasteiger partial charge in [-0.05, 0) is 17.7 Å². The van der Waals surface area contributed by atoms with Gasteiger partial charge in [0.1, 0.15) is 17.9 Å². The smallest absolute Gasteiger partial charge is 0.232 e. The van der Waals surface area contributed by atoms with Gasteiger partial charge in [-0.2, -0.15) is 0 Å². The molecule has 3 rings (SSSR count). The number of rotatable bonds is 3. The van der Waals surface area contributed by atoms with Crippen molar-refractivity contribution in [2.24, 2.45) is 0 Å². The predicted molar refractivity (Wildman–Crippen MR) is 82.8 cm³/mol. The minimum Gasteiger partial charge on any atom is -0.438 e. The molecule has 0 unspecified atom stereocenters. The first-order valence-corrected chi connectivity index (χ1v) is 6.43. The summed E-state index contributed by atoms with van der Waals surface area (Å²) in [6, 6.07) is 16.8. The molecule has 3 aromatic rings. The molecule has 4 N–H and O–H groups in total. The molecule has 0 saturated carbocycles. The van der Waals surface area contributed by atoms with E-state index >= 15 is 0 Å². The molecular weight excluding hydrogens is 264 g/mol. The Bertz CT molecular complexity index is 759. The maximum atomic E-state index is 5.98. The van der Waals surface area contributed by atoms with E-state index in [1.807, 2.05) is 42.5 Å². The van der Waals surface area contributed by atoms with E-state index in [0.29, 0.717) is 28.7 Å². The van der Waals surface area contributed by atoms with Crippen LogP contribution in [0.5, 0.6) is 11.6 Å². The number of hydrogen-bond acceptors (Lipinski definition) is 5. The van der Waals surface area contributed by atoms with Crippen molar-refractivity contribution in [3.05, 3.63) is 60.9 Å². The normalized spacial score (nSPS) is 10.3. The average molecular weight is 278 g/mol. The molecule has 1 aromatic heterocycles. The van der Waals surface area contributed by atoms with Gasteiger partial charge in [0.05, 0.1) is 5.56 Å². The Labute approximate surface area is 122 Å². The van der Waals surface area contributed by atoms with Crippen LogP contribution in [0.3, 0.4) is 0 Å². The van der Waals surface area contributed by atoms with Gasteiger partial charge in [0.2, 0.25) is 5.88 Å². The number of nitrogens with two attached hydrogens (primary N) is 2. The summed E-state index contributed by atoms with van der Waals surface area (Å²) in [6.07, 6.45) is 1.38.